The van der Waals surface area contributed by atoms with E-state index in [0.717, 1.165) is 38.6 Å². The smallest absolute Gasteiger partial charge is 0.148 e. The molecule has 0 bridgehead atoms. The number of aldehydes is 1. The Morgan fingerprint density at radius 1 is 1.45 bits per heavy atom. The number of nitrogens with zero attached hydrogens (tertiary/aromatic N) is 4. The fourth-order valence-corrected chi connectivity index (χ4v) is 2.55. The van der Waals surface area contributed by atoms with Crippen LogP contribution >= 0.6 is 0 Å². The van der Waals surface area contributed by atoms with Crippen LogP contribution in [0.2, 0.25) is 0 Å². The zero-order chi connectivity index (χ0) is 16.5. The number of aliphatic hydroxyl groups is 1. The number of rotatable bonds is 4. The second kappa shape index (κ2) is 9.27. The number of likely N-dealkylation sites (tertiary alicyclic amines) is 1. The zero-order valence-corrected chi connectivity index (χ0v) is 13.5. The average Bonchev–Trinajstić information content (AvgIpc) is 2.49. The van der Waals surface area contributed by atoms with Gasteiger partial charge in [0.25, 0.3) is 0 Å². The number of aliphatic hydroxyl groups excluding tert-OH is 1. The van der Waals surface area contributed by atoms with Crippen molar-refractivity contribution in [3.8, 4) is 0 Å². The highest BCUT2D eigenvalue weighted by molar-refractivity contribution is 5.76. The normalized spacial score (nSPS) is 25.0. The number of hydrogen-bond acceptors (Lipinski definition) is 6. The summed E-state index contributed by atoms with van der Waals surface area (Å²) in [6.45, 7) is 10.7. The molecule has 6 heteroatoms. The first-order valence-electron chi connectivity index (χ1n) is 7.49. The van der Waals surface area contributed by atoms with Gasteiger partial charge in [-0.15, -0.1) is 0 Å². The van der Waals surface area contributed by atoms with Crippen molar-refractivity contribution in [3.05, 3.63) is 23.4 Å². The first-order chi connectivity index (χ1) is 10.5. The summed E-state index contributed by atoms with van der Waals surface area (Å²) in [5.74, 6) is 0.193. The van der Waals surface area contributed by atoms with Gasteiger partial charge in [-0.2, -0.15) is 15.3 Å². The van der Waals surface area contributed by atoms with E-state index >= 15 is 0 Å². The van der Waals surface area contributed by atoms with Crippen molar-refractivity contribution in [1.29, 1.82) is 0 Å². The third-order valence-electron chi connectivity index (χ3n) is 3.80. The van der Waals surface area contributed by atoms with Gasteiger partial charge < -0.3 is 10.0 Å². The number of carbonyl (C=O) groups excluding carboxylic acids is 1. The maximum absolute atomic E-state index is 10.9. The minimum atomic E-state index is -0.0613. The lowest BCUT2D eigenvalue weighted by Crippen LogP contribution is -2.34. The van der Waals surface area contributed by atoms with Crippen molar-refractivity contribution in [2.45, 2.75) is 32.3 Å². The Labute approximate surface area is 132 Å². The van der Waals surface area contributed by atoms with E-state index < -0.39 is 0 Å². The summed E-state index contributed by atoms with van der Waals surface area (Å²) < 4.78 is 0. The summed E-state index contributed by atoms with van der Waals surface area (Å²) >= 11 is 0. The highest BCUT2D eigenvalue weighted by atomic mass is 16.3. The molecule has 1 saturated heterocycles. The SMILES string of the molecule is C=NN(N=C)C1=C(C=O)C(C)CC=C1.CN1CCCC(O)C1. The monoisotopic (exact) mass is 306 g/mol. The van der Waals surface area contributed by atoms with E-state index in [9.17, 15) is 4.79 Å². The number of hydrogen-bond donors (Lipinski definition) is 1. The molecule has 122 valence electrons. The van der Waals surface area contributed by atoms with Gasteiger partial charge in [-0.1, -0.05) is 13.0 Å². The van der Waals surface area contributed by atoms with E-state index in [1.807, 2.05) is 26.1 Å². The van der Waals surface area contributed by atoms with Crippen LogP contribution in [0, 0.1) is 5.92 Å². The van der Waals surface area contributed by atoms with Gasteiger partial charge in [-0.05, 0) is 44.8 Å². The van der Waals surface area contributed by atoms with Gasteiger partial charge in [0.05, 0.1) is 11.8 Å². The molecule has 1 fully saturated rings. The van der Waals surface area contributed by atoms with Crippen molar-refractivity contribution in [1.82, 2.24) is 10.0 Å². The minimum absolute atomic E-state index is 0.0613. The number of likely N-dealkylation sites (N-methyl/N-ethyl adjacent to an activating group) is 1. The van der Waals surface area contributed by atoms with E-state index in [-0.39, 0.29) is 12.0 Å². The molecule has 1 aliphatic heterocycles. The quantitative estimate of drug-likeness (QED) is 0.487. The van der Waals surface area contributed by atoms with Crippen LogP contribution < -0.4 is 0 Å². The summed E-state index contributed by atoms with van der Waals surface area (Å²) in [6.07, 6.45) is 7.58. The van der Waals surface area contributed by atoms with Gasteiger partial charge in [-0.25, -0.2) is 0 Å². The fraction of sp³-hybridized carbons (Fsp3) is 0.562. The number of β-amino-alcohol motifs (C(OH)–C–C–N with tert-alkyl or cyclic N) is 1. The molecule has 0 spiro atoms. The molecule has 22 heavy (non-hydrogen) atoms. The first kappa shape index (κ1) is 18.3. The van der Waals surface area contributed by atoms with E-state index in [1.54, 1.807) is 0 Å². The number of carbonyl (C=O) groups is 1. The average molecular weight is 306 g/mol. The summed E-state index contributed by atoms with van der Waals surface area (Å²) in [5.41, 5.74) is 1.34. The molecule has 0 aromatic carbocycles. The lowest BCUT2D eigenvalue weighted by molar-refractivity contribution is -0.105. The predicted molar refractivity (Wildman–Crippen MR) is 89.7 cm³/mol. The lowest BCUT2D eigenvalue weighted by atomic mass is 9.92. The molecule has 0 radical (unpaired) electrons. The molecule has 2 atom stereocenters. The van der Waals surface area contributed by atoms with Crippen LogP contribution in [0.4, 0.5) is 0 Å². The van der Waals surface area contributed by atoms with Crippen LogP contribution in [-0.2, 0) is 4.79 Å². The Bertz CT molecular complexity index is 443. The molecule has 2 unspecified atom stereocenters. The maximum atomic E-state index is 10.9. The molecule has 1 N–H and O–H groups in total. The Morgan fingerprint density at radius 3 is 2.59 bits per heavy atom. The van der Waals surface area contributed by atoms with Crippen LogP contribution in [0.25, 0.3) is 0 Å². The topological polar surface area (TPSA) is 68.5 Å². The molecule has 6 nitrogen and oxygen atoms in total. The Hall–Kier alpha value is -1.79. The van der Waals surface area contributed by atoms with E-state index in [1.165, 1.54) is 5.12 Å². The molecule has 0 amide bonds. The molecule has 2 aliphatic rings. The highest BCUT2D eigenvalue weighted by Gasteiger charge is 2.18. The fourth-order valence-electron chi connectivity index (χ4n) is 2.55. The molecule has 0 aromatic rings. The molecular weight excluding hydrogens is 280 g/mol. The molecule has 2 rings (SSSR count). The molecule has 0 aromatic heterocycles. The van der Waals surface area contributed by atoms with E-state index in [2.05, 4.69) is 28.5 Å². The maximum Gasteiger partial charge on any atom is 0.148 e. The molecular formula is C16H26N4O2. The van der Waals surface area contributed by atoms with Gasteiger partial charge in [0.15, 0.2) is 0 Å². The van der Waals surface area contributed by atoms with Crippen LogP contribution in [0.5, 0.6) is 0 Å². The zero-order valence-electron chi connectivity index (χ0n) is 13.5. The molecule has 1 heterocycles. The van der Waals surface area contributed by atoms with Crippen LogP contribution in [0.3, 0.4) is 0 Å². The number of piperidine rings is 1. The lowest BCUT2D eigenvalue weighted by Gasteiger charge is -2.25. The Balaban J connectivity index is 0.000000255. The number of hydrazone groups is 2. The van der Waals surface area contributed by atoms with E-state index in [4.69, 9.17) is 5.11 Å². The standard InChI is InChI=1S/C10H13N3O.C6H13NO/c1-8-5-4-6-10(9(8)7-14)13(11-2)12-3;1-7-4-2-3-6(8)5-7/h4,6-8H,2-3,5H2,1H3;6,8H,2-5H2,1H3. The Morgan fingerprint density at radius 2 is 2.14 bits per heavy atom. The number of allylic oxidation sites excluding steroid dienone is 3. The highest BCUT2D eigenvalue weighted by Crippen LogP contribution is 2.25. The van der Waals surface area contributed by atoms with E-state index in [0.29, 0.717) is 11.3 Å². The second-order valence-electron chi connectivity index (χ2n) is 5.63. The summed E-state index contributed by atoms with van der Waals surface area (Å²) in [6, 6.07) is 0. The van der Waals surface area contributed by atoms with Crippen molar-refractivity contribution < 1.29 is 9.90 Å². The van der Waals surface area contributed by atoms with Crippen molar-refractivity contribution in [2.24, 2.45) is 16.1 Å². The van der Waals surface area contributed by atoms with Crippen molar-refractivity contribution in [2.75, 3.05) is 20.1 Å². The van der Waals surface area contributed by atoms with Gasteiger partial charge in [-0.3, -0.25) is 4.79 Å². The van der Waals surface area contributed by atoms with Gasteiger partial charge in [0.1, 0.15) is 6.29 Å². The summed E-state index contributed by atoms with van der Waals surface area (Å²) in [7, 11) is 2.04. The third-order valence-corrected chi connectivity index (χ3v) is 3.80. The molecule has 0 saturated carbocycles. The Kier molecular flexibility index (Phi) is 7.70. The second-order valence-corrected chi connectivity index (χ2v) is 5.63. The van der Waals surface area contributed by atoms with Crippen molar-refractivity contribution in [3.63, 3.8) is 0 Å². The third kappa shape index (κ3) is 5.20. The van der Waals surface area contributed by atoms with Crippen LogP contribution in [0.15, 0.2) is 33.6 Å². The summed E-state index contributed by atoms with van der Waals surface area (Å²) in [4.78, 5) is 13.0. The van der Waals surface area contributed by atoms with Crippen LogP contribution in [0.1, 0.15) is 26.2 Å². The van der Waals surface area contributed by atoms with Gasteiger partial charge in [0, 0.05) is 25.6 Å². The predicted octanol–water partition coefficient (Wildman–Crippen LogP) is 1.64. The summed E-state index contributed by atoms with van der Waals surface area (Å²) in [5, 5.41) is 17.6. The van der Waals surface area contributed by atoms with Crippen LogP contribution in [-0.4, -0.2) is 61.1 Å². The van der Waals surface area contributed by atoms with Crippen molar-refractivity contribution >= 4 is 19.7 Å². The first-order valence-corrected chi connectivity index (χ1v) is 7.49. The van der Waals surface area contributed by atoms with Gasteiger partial charge >= 0.3 is 0 Å². The van der Waals surface area contributed by atoms with Gasteiger partial charge in [0.2, 0.25) is 0 Å². The largest absolute Gasteiger partial charge is 0.392 e. The minimum Gasteiger partial charge on any atom is -0.392 e. The molecule has 1 aliphatic carbocycles.